The van der Waals surface area contributed by atoms with Gasteiger partial charge in [0.2, 0.25) is 0 Å². The lowest BCUT2D eigenvalue weighted by molar-refractivity contribution is -0.0647. The van der Waals surface area contributed by atoms with Crippen LogP contribution < -0.4 is 0 Å². The Bertz CT molecular complexity index is 236. The highest BCUT2D eigenvalue weighted by molar-refractivity contribution is 6.18. The summed E-state index contributed by atoms with van der Waals surface area (Å²) in [6, 6.07) is 0.748. The minimum Gasteiger partial charge on any atom is -0.372 e. The third kappa shape index (κ3) is 2.12. The minimum absolute atomic E-state index is 0.525. The predicted octanol–water partition coefficient (Wildman–Crippen LogP) is 2.65. The second-order valence-corrected chi connectivity index (χ2v) is 5.99. The summed E-state index contributed by atoms with van der Waals surface area (Å²) >= 11 is 6.12. The van der Waals surface area contributed by atoms with Crippen LogP contribution in [0.2, 0.25) is 0 Å². The Morgan fingerprint density at radius 2 is 1.69 bits per heavy atom. The molecule has 3 fully saturated rings. The quantitative estimate of drug-likeness (QED) is 0.692. The molecule has 1 aliphatic carbocycles. The van der Waals surface area contributed by atoms with Crippen molar-refractivity contribution in [2.75, 3.05) is 19.0 Å². The van der Waals surface area contributed by atoms with Crippen molar-refractivity contribution in [2.45, 2.75) is 56.8 Å². The van der Waals surface area contributed by atoms with Crippen molar-refractivity contribution in [1.82, 2.24) is 4.90 Å². The van der Waals surface area contributed by atoms with E-state index in [1.54, 1.807) is 0 Å². The summed E-state index contributed by atoms with van der Waals surface area (Å²) in [5, 5.41) is 0. The molecule has 0 amide bonds. The van der Waals surface area contributed by atoms with E-state index in [0.717, 1.165) is 30.9 Å². The molecule has 0 aromatic carbocycles. The topological polar surface area (TPSA) is 12.5 Å². The van der Waals surface area contributed by atoms with Gasteiger partial charge in [-0.1, -0.05) is 12.8 Å². The van der Waals surface area contributed by atoms with Crippen molar-refractivity contribution in [2.24, 2.45) is 5.92 Å². The Kier molecular flexibility index (Phi) is 3.42. The lowest BCUT2D eigenvalue weighted by Gasteiger charge is -2.43. The Hall–Kier alpha value is 0.210. The average Bonchev–Trinajstić information content (AvgIpc) is 2.68. The maximum absolute atomic E-state index is 6.12. The summed E-state index contributed by atoms with van der Waals surface area (Å²) in [5.74, 6) is 1.57. The molecule has 2 heterocycles. The molecule has 0 aromatic rings. The van der Waals surface area contributed by atoms with E-state index >= 15 is 0 Å². The number of hydrogen-bond acceptors (Lipinski definition) is 2. The van der Waals surface area contributed by atoms with Crippen LogP contribution >= 0.6 is 11.6 Å². The van der Waals surface area contributed by atoms with Gasteiger partial charge >= 0.3 is 0 Å². The summed E-state index contributed by atoms with van der Waals surface area (Å²) in [6.45, 7) is 2.32. The van der Waals surface area contributed by atoms with Crippen LogP contribution in [0.3, 0.4) is 0 Å². The zero-order chi connectivity index (χ0) is 11.0. The van der Waals surface area contributed by atoms with Crippen LogP contribution in [0, 0.1) is 5.92 Å². The van der Waals surface area contributed by atoms with Gasteiger partial charge in [0.1, 0.15) is 0 Å². The highest BCUT2D eigenvalue weighted by atomic mass is 35.5. The van der Waals surface area contributed by atoms with E-state index in [1.165, 1.54) is 38.5 Å². The Morgan fingerprint density at radius 3 is 2.38 bits per heavy atom. The number of halogens is 1. The van der Waals surface area contributed by atoms with Gasteiger partial charge in [0.15, 0.2) is 0 Å². The van der Waals surface area contributed by atoms with Crippen molar-refractivity contribution in [3.05, 3.63) is 0 Å². The summed E-state index contributed by atoms with van der Waals surface area (Å²) in [5.41, 5.74) is 0. The smallest absolute Gasteiger partial charge is 0.0707 e. The molecule has 2 aliphatic heterocycles. The minimum atomic E-state index is 0.525. The fraction of sp³-hybridized carbons (Fsp3) is 1.00. The van der Waals surface area contributed by atoms with E-state index in [9.17, 15) is 0 Å². The fourth-order valence-electron chi connectivity index (χ4n) is 3.77. The summed E-state index contributed by atoms with van der Waals surface area (Å²) in [6.07, 6.45) is 9.07. The van der Waals surface area contributed by atoms with Gasteiger partial charge < -0.3 is 4.74 Å². The second kappa shape index (κ2) is 4.83. The molecule has 2 bridgehead atoms. The predicted molar refractivity (Wildman–Crippen MR) is 65.9 cm³/mol. The van der Waals surface area contributed by atoms with E-state index < -0.39 is 0 Å². The molecule has 3 aliphatic rings. The summed E-state index contributed by atoms with van der Waals surface area (Å²) < 4.78 is 5.91. The van der Waals surface area contributed by atoms with Crippen LogP contribution in [-0.2, 0) is 4.74 Å². The first kappa shape index (κ1) is 11.3. The van der Waals surface area contributed by atoms with E-state index in [4.69, 9.17) is 16.3 Å². The van der Waals surface area contributed by atoms with Gasteiger partial charge in [0.05, 0.1) is 12.2 Å². The number of fused-ring (bicyclic) bond motifs is 2. The first-order valence-electron chi connectivity index (χ1n) is 6.82. The lowest BCUT2D eigenvalue weighted by Crippen LogP contribution is -2.51. The standard InChI is InChI=1S/C13H22ClNO/c14-7-10-3-1-2-4-13(10)15-8-11-5-6-12(9-15)16-11/h10-13H,1-9H2/t10?,11-,12-,13?/m1/s1. The molecule has 92 valence electrons. The fourth-order valence-corrected chi connectivity index (χ4v) is 4.13. The molecule has 3 rings (SSSR count). The van der Waals surface area contributed by atoms with Crippen LogP contribution in [0.15, 0.2) is 0 Å². The van der Waals surface area contributed by atoms with Crippen molar-refractivity contribution >= 4 is 11.6 Å². The molecule has 0 N–H and O–H groups in total. The van der Waals surface area contributed by atoms with Gasteiger partial charge in [-0.15, -0.1) is 11.6 Å². The van der Waals surface area contributed by atoms with Crippen LogP contribution in [0.25, 0.3) is 0 Å². The number of alkyl halides is 1. The average molecular weight is 244 g/mol. The number of likely N-dealkylation sites (tertiary alicyclic amines) is 1. The number of morpholine rings is 1. The van der Waals surface area contributed by atoms with E-state index in [0.29, 0.717) is 12.2 Å². The van der Waals surface area contributed by atoms with Crippen LogP contribution in [0.4, 0.5) is 0 Å². The number of ether oxygens (including phenoxy) is 1. The zero-order valence-corrected chi connectivity index (χ0v) is 10.7. The monoisotopic (exact) mass is 243 g/mol. The first-order valence-corrected chi connectivity index (χ1v) is 7.35. The molecule has 2 unspecified atom stereocenters. The number of hydrogen-bond donors (Lipinski definition) is 0. The highest BCUT2D eigenvalue weighted by Gasteiger charge is 2.39. The van der Waals surface area contributed by atoms with Crippen molar-refractivity contribution in [3.8, 4) is 0 Å². The molecule has 0 aromatic heterocycles. The maximum atomic E-state index is 6.12. The molecule has 16 heavy (non-hydrogen) atoms. The molecule has 4 atom stereocenters. The Labute approximate surface area is 103 Å². The van der Waals surface area contributed by atoms with Crippen LogP contribution in [-0.4, -0.2) is 42.1 Å². The highest BCUT2D eigenvalue weighted by Crippen LogP contribution is 2.34. The first-order chi connectivity index (χ1) is 7.86. The summed E-state index contributed by atoms with van der Waals surface area (Å²) in [7, 11) is 0. The third-order valence-corrected chi connectivity index (χ3v) is 5.00. The van der Waals surface area contributed by atoms with E-state index in [-0.39, 0.29) is 0 Å². The van der Waals surface area contributed by atoms with Crippen molar-refractivity contribution in [1.29, 1.82) is 0 Å². The van der Waals surface area contributed by atoms with Crippen LogP contribution in [0.5, 0.6) is 0 Å². The molecule has 1 saturated carbocycles. The molecule has 0 spiro atoms. The van der Waals surface area contributed by atoms with Crippen molar-refractivity contribution in [3.63, 3.8) is 0 Å². The Morgan fingerprint density at radius 1 is 1.00 bits per heavy atom. The van der Waals surface area contributed by atoms with Crippen LogP contribution in [0.1, 0.15) is 38.5 Å². The van der Waals surface area contributed by atoms with Gasteiger partial charge in [0.25, 0.3) is 0 Å². The SMILES string of the molecule is ClCC1CCCCC1N1C[C@H]2CC[C@H](C1)O2. The zero-order valence-electron chi connectivity index (χ0n) is 9.91. The van der Waals surface area contributed by atoms with Gasteiger partial charge in [-0.05, 0) is 31.6 Å². The van der Waals surface area contributed by atoms with E-state index in [1.807, 2.05) is 0 Å². The van der Waals surface area contributed by atoms with Crippen molar-refractivity contribution < 1.29 is 4.74 Å². The van der Waals surface area contributed by atoms with E-state index in [2.05, 4.69) is 4.90 Å². The molecule has 0 radical (unpaired) electrons. The second-order valence-electron chi connectivity index (χ2n) is 5.68. The van der Waals surface area contributed by atoms with Gasteiger partial charge in [-0.2, -0.15) is 0 Å². The normalized spacial score (nSPS) is 44.8. The molecule has 2 saturated heterocycles. The van der Waals surface area contributed by atoms with Gasteiger partial charge in [-0.3, -0.25) is 4.90 Å². The third-order valence-electron chi connectivity index (χ3n) is 4.61. The number of nitrogens with zero attached hydrogens (tertiary/aromatic N) is 1. The summed E-state index contributed by atoms with van der Waals surface area (Å²) in [4.78, 5) is 2.69. The Balaban J connectivity index is 1.66. The maximum Gasteiger partial charge on any atom is 0.0707 e. The largest absolute Gasteiger partial charge is 0.372 e. The molecule has 2 nitrogen and oxygen atoms in total. The molecular weight excluding hydrogens is 222 g/mol. The van der Waals surface area contributed by atoms with Gasteiger partial charge in [-0.25, -0.2) is 0 Å². The number of rotatable bonds is 2. The van der Waals surface area contributed by atoms with Gasteiger partial charge in [0, 0.05) is 25.0 Å². The molecule has 3 heteroatoms. The lowest BCUT2D eigenvalue weighted by atomic mass is 9.84. The molecular formula is C13H22ClNO.